The van der Waals surface area contributed by atoms with Crippen LogP contribution < -0.4 is 20.5 Å². The van der Waals surface area contributed by atoms with E-state index in [1.54, 1.807) is 42.5 Å². The lowest BCUT2D eigenvalue weighted by molar-refractivity contribution is 0.101. The Bertz CT molecular complexity index is 1400. The fourth-order valence-corrected chi connectivity index (χ4v) is 3.49. The molecule has 162 valence electrons. The first kappa shape index (κ1) is 21.3. The lowest BCUT2D eigenvalue weighted by atomic mass is 10.1. The molecule has 0 aliphatic carbocycles. The SMILES string of the molecule is COc1ccc(-c2nc3ccccc3c(=O)n2NC(=O)c2ccc(F)cc2Cl)cc1OC. The van der Waals surface area contributed by atoms with E-state index < -0.39 is 17.3 Å². The summed E-state index contributed by atoms with van der Waals surface area (Å²) in [5.41, 5.74) is 3.00. The summed E-state index contributed by atoms with van der Waals surface area (Å²) in [6.45, 7) is 0. The first-order valence-corrected chi connectivity index (χ1v) is 9.81. The fraction of sp³-hybridized carbons (Fsp3) is 0.0870. The van der Waals surface area contributed by atoms with E-state index in [-0.39, 0.29) is 16.4 Å². The third kappa shape index (κ3) is 3.88. The molecule has 0 radical (unpaired) electrons. The topological polar surface area (TPSA) is 82.5 Å². The summed E-state index contributed by atoms with van der Waals surface area (Å²) >= 11 is 6.02. The standard InChI is InChI=1S/C23H17ClFN3O4/c1-31-19-10-7-13(11-20(19)32-2)21-26-18-6-4-3-5-16(18)23(30)28(21)27-22(29)15-9-8-14(25)12-17(15)24/h3-12H,1-2H3,(H,27,29). The van der Waals surface area contributed by atoms with Crippen LogP contribution in [0.25, 0.3) is 22.3 Å². The van der Waals surface area contributed by atoms with E-state index >= 15 is 0 Å². The smallest absolute Gasteiger partial charge is 0.280 e. The van der Waals surface area contributed by atoms with Crippen molar-refractivity contribution in [3.8, 4) is 22.9 Å². The van der Waals surface area contributed by atoms with Crippen molar-refractivity contribution in [2.24, 2.45) is 0 Å². The minimum Gasteiger partial charge on any atom is -0.493 e. The van der Waals surface area contributed by atoms with Gasteiger partial charge in [-0.05, 0) is 48.5 Å². The zero-order valence-electron chi connectivity index (χ0n) is 17.1. The van der Waals surface area contributed by atoms with Gasteiger partial charge in [-0.15, -0.1) is 0 Å². The molecule has 4 aromatic rings. The highest BCUT2D eigenvalue weighted by Crippen LogP contribution is 2.31. The number of ether oxygens (including phenoxy) is 2. The van der Waals surface area contributed by atoms with Crippen molar-refractivity contribution >= 4 is 28.4 Å². The Morgan fingerprint density at radius 2 is 1.78 bits per heavy atom. The fourth-order valence-electron chi connectivity index (χ4n) is 3.24. The first-order valence-electron chi connectivity index (χ1n) is 9.43. The van der Waals surface area contributed by atoms with Crippen molar-refractivity contribution in [2.45, 2.75) is 0 Å². The van der Waals surface area contributed by atoms with Crippen LogP contribution in [0, 0.1) is 5.82 Å². The molecule has 1 N–H and O–H groups in total. The highest BCUT2D eigenvalue weighted by Gasteiger charge is 2.19. The Kier molecular flexibility index (Phi) is 5.79. The highest BCUT2D eigenvalue weighted by molar-refractivity contribution is 6.34. The van der Waals surface area contributed by atoms with Crippen LogP contribution in [0.15, 0.2) is 65.5 Å². The van der Waals surface area contributed by atoms with Crippen molar-refractivity contribution in [3.63, 3.8) is 0 Å². The van der Waals surface area contributed by atoms with E-state index in [0.29, 0.717) is 28.0 Å². The lowest BCUT2D eigenvalue weighted by Crippen LogP contribution is -2.35. The van der Waals surface area contributed by atoms with E-state index in [0.717, 1.165) is 16.8 Å². The van der Waals surface area contributed by atoms with Gasteiger partial charge in [0.2, 0.25) is 0 Å². The minimum absolute atomic E-state index is 0.00591. The normalized spacial score (nSPS) is 10.8. The summed E-state index contributed by atoms with van der Waals surface area (Å²) < 4.78 is 25.0. The number of rotatable bonds is 5. The maximum Gasteiger partial charge on any atom is 0.280 e. The van der Waals surface area contributed by atoms with Crippen LogP contribution in [0.2, 0.25) is 5.02 Å². The molecule has 3 aromatic carbocycles. The second-order valence-electron chi connectivity index (χ2n) is 6.73. The Labute approximate surface area is 187 Å². The van der Waals surface area contributed by atoms with Gasteiger partial charge in [-0.25, -0.2) is 9.37 Å². The van der Waals surface area contributed by atoms with Gasteiger partial charge in [-0.2, -0.15) is 4.68 Å². The Morgan fingerprint density at radius 1 is 1.03 bits per heavy atom. The molecule has 0 unspecified atom stereocenters. The number of aromatic nitrogens is 2. The number of fused-ring (bicyclic) bond motifs is 1. The van der Waals surface area contributed by atoms with E-state index in [4.69, 9.17) is 21.1 Å². The monoisotopic (exact) mass is 453 g/mol. The highest BCUT2D eigenvalue weighted by atomic mass is 35.5. The summed E-state index contributed by atoms with van der Waals surface area (Å²) in [4.78, 5) is 30.7. The van der Waals surface area contributed by atoms with E-state index in [2.05, 4.69) is 10.4 Å². The van der Waals surface area contributed by atoms with Gasteiger partial charge in [0.15, 0.2) is 17.3 Å². The van der Waals surface area contributed by atoms with Crippen molar-refractivity contribution in [3.05, 3.63) is 87.4 Å². The maximum atomic E-state index is 13.4. The van der Waals surface area contributed by atoms with Crippen LogP contribution in [0.1, 0.15) is 10.4 Å². The summed E-state index contributed by atoms with van der Waals surface area (Å²) in [6, 6.07) is 15.1. The molecule has 1 heterocycles. The number of methoxy groups -OCH3 is 2. The predicted octanol–water partition coefficient (Wildman–Crippen LogP) is 4.26. The van der Waals surface area contributed by atoms with E-state index in [1.807, 2.05) is 0 Å². The number of carbonyl (C=O) groups excluding carboxylic acids is 1. The van der Waals surface area contributed by atoms with Crippen LogP contribution in [-0.2, 0) is 0 Å². The number of hydrogen-bond donors (Lipinski definition) is 1. The van der Waals surface area contributed by atoms with Crippen LogP contribution in [0.4, 0.5) is 4.39 Å². The molecule has 32 heavy (non-hydrogen) atoms. The molecular weight excluding hydrogens is 437 g/mol. The molecule has 0 atom stereocenters. The number of para-hydroxylation sites is 1. The molecule has 7 nitrogen and oxygen atoms in total. The molecule has 1 aromatic heterocycles. The number of carbonyl (C=O) groups is 1. The van der Waals surface area contributed by atoms with Crippen molar-refractivity contribution < 1.29 is 18.7 Å². The number of amides is 1. The number of hydrogen-bond acceptors (Lipinski definition) is 5. The molecule has 0 spiro atoms. The number of halogens is 2. The quantitative estimate of drug-likeness (QED) is 0.488. The van der Waals surface area contributed by atoms with Gasteiger partial charge in [-0.1, -0.05) is 23.7 Å². The molecule has 0 saturated heterocycles. The number of benzene rings is 3. The summed E-state index contributed by atoms with van der Waals surface area (Å²) in [6.07, 6.45) is 0. The molecule has 4 rings (SSSR count). The van der Waals surface area contributed by atoms with Gasteiger partial charge < -0.3 is 9.47 Å². The van der Waals surface area contributed by atoms with Crippen molar-refractivity contribution in [2.75, 3.05) is 19.6 Å². The van der Waals surface area contributed by atoms with Gasteiger partial charge in [0.25, 0.3) is 11.5 Å². The average molecular weight is 454 g/mol. The summed E-state index contributed by atoms with van der Waals surface area (Å²) in [5, 5.41) is 0.221. The second-order valence-corrected chi connectivity index (χ2v) is 7.14. The summed E-state index contributed by atoms with van der Waals surface area (Å²) in [5.74, 6) is -0.195. The molecule has 0 saturated carbocycles. The number of nitrogens with one attached hydrogen (secondary N) is 1. The molecule has 1 amide bonds. The number of nitrogens with zero attached hydrogens (tertiary/aromatic N) is 2. The van der Waals surface area contributed by atoms with Gasteiger partial charge in [0.05, 0.1) is 35.7 Å². The zero-order chi connectivity index (χ0) is 22.8. The zero-order valence-corrected chi connectivity index (χ0v) is 17.8. The molecule has 0 aliphatic rings. The van der Waals surface area contributed by atoms with Gasteiger partial charge in [0, 0.05) is 5.56 Å². The van der Waals surface area contributed by atoms with Crippen molar-refractivity contribution in [1.29, 1.82) is 0 Å². The van der Waals surface area contributed by atoms with Gasteiger partial charge in [0.1, 0.15) is 5.82 Å². The van der Waals surface area contributed by atoms with Gasteiger partial charge >= 0.3 is 0 Å². The van der Waals surface area contributed by atoms with Crippen LogP contribution >= 0.6 is 11.6 Å². The molecule has 9 heteroatoms. The Morgan fingerprint density at radius 3 is 2.50 bits per heavy atom. The Hall–Kier alpha value is -3.91. The van der Waals surface area contributed by atoms with Crippen molar-refractivity contribution in [1.82, 2.24) is 9.66 Å². The Balaban J connectivity index is 1.90. The average Bonchev–Trinajstić information content (AvgIpc) is 2.80. The lowest BCUT2D eigenvalue weighted by Gasteiger charge is -2.16. The second kappa shape index (κ2) is 8.68. The first-order chi connectivity index (χ1) is 15.4. The summed E-state index contributed by atoms with van der Waals surface area (Å²) in [7, 11) is 3.00. The molecule has 0 bridgehead atoms. The third-order valence-corrected chi connectivity index (χ3v) is 5.12. The maximum absolute atomic E-state index is 13.4. The predicted molar refractivity (Wildman–Crippen MR) is 120 cm³/mol. The van der Waals surface area contributed by atoms with Crippen LogP contribution in [-0.4, -0.2) is 29.8 Å². The minimum atomic E-state index is -0.698. The molecule has 0 aliphatic heterocycles. The molecular formula is C23H17ClFN3O4. The molecule has 0 fully saturated rings. The van der Waals surface area contributed by atoms with E-state index in [9.17, 15) is 14.0 Å². The van der Waals surface area contributed by atoms with Gasteiger partial charge in [-0.3, -0.25) is 15.0 Å². The van der Waals surface area contributed by atoms with Crippen LogP contribution in [0.3, 0.4) is 0 Å². The third-order valence-electron chi connectivity index (χ3n) is 4.81. The van der Waals surface area contributed by atoms with E-state index in [1.165, 1.54) is 20.3 Å². The largest absolute Gasteiger partial charge is 0.493 e. The van der Waals surface area contributed by atoms with Crippen LogP contribution in [0.5, 0.6) is 11.5 Å².